The van der Waals surface area contributed by atoms with Gasteiger partial charge in [-0.15, -0.1) is 0 Å². The van der Waals surface area contributed by atoms with E-state index in [1.165, 1.54) is 32.4 Å². The van der Waals surface area contributed by atoms with Crippen LogP contribution in [0.4, 0.5) is 0 Å². The average Bonchev–Trinajstić information content (AvgIpc) is 2.25. The predicted octanol–water partition coefficient (Wildman–Crippen LogP) is 1.56. The summed E-state index contributed by atoms with van der Waals surface area (Å²) in [7, 11) is 4.24. The van der Waals surface area contributed by atoms with Gasteiger partial charge in [-0.3, -0.25) is 4.90 Å². The van der Waals surface area contributed by atoms with Gasteiger partial charge in [-0.2, -0.15) is 5.26 Å². The highest BCUT2D eigenvalue weighted by Crippen LogP contribution is 2.18. The molecule has 0 aliphatic carbocycles. The van der Waals surface area contributed by atoms with Gasteiger partial charge in [0.2, 0.25) is 0 Å². The van der Waals surface area contributed by atoms with E-state index in [0.717, 1.165) is 12.5 Å². The summed E-state index contributed by atoms with van der Waals surface area (Å²) in [5.74, 6) is 0.831. The molecule has 2 unspecified atom stereocenters. The van der Waals surface area contributed by atoms with E-state index in [-0.39, 0.29) is 6.04 Å². The van der Waals surface area contributed by atoms with Gasteiger partial charge in [-0.05, 0) is 59.3 Å². The Hall–Kier alpha value is -0.590. The highest BCUT2D eigenvalue weighted by molar-refractivity contribution is 4.86. The molecule has 0 amide bonds. The molecule has 0 aromatic heterocycles. The van der Waals surface area contributed by atoms with Gasteiger partial charge in [0.25, 0.3) is 0 Å². The first-order chi connectivity index (χ1) is 7.13. The molecular weight excluding hydrogens is 186 g/mol. The van der Waals surface area contributed by atoms with Crippen LogP contribution >= 0.6 is 0 Å². The molecule has 1 heterocycles. The first-order valence-corrected chi connectivity index (χ1v) is 5.92. The first kappa shape index (κ1) is 12.5. The van der Waals surface area contributed by atoms with Crippen LogP contribution in [0.5, 0.6) is 0 Å². The smallest absolute Gasteiger partial charge is 0.0946 e. The zero-order valence-electron chi connectivity index (χ0n) is 10.2. The lowest BCUT2D eigenvalue weighted by molar-refractivity contribution is 0.181. The van der Waals surface area contributed by atoms with Gasteiger partial charge in [-0.1, -0.05) is 0 Å². The molecule has 0 aromatic rings. The van der Waals surface area contributed by atoms with E-state index in [2.05, 4.69) is 22.9 Å². The van der Waals surface area contributed by atoms with E-state index in [1.54, 1.807) is 0 Å². The average molecular weight is 209 g/mol. The summed E-state index contributed by atoms with van der Waals surface area (Å²) in [6.07, 6.45) is 3.92. The molecule has 0 N–H and O–H groups in total. The highest BCUT2D eigenvalue weighted by atomic mass is 15.1. The summed E-state index contributed by atoms with van der Waals surface area (Å²) in [6.45, 7) is 5.50. The maximum absolute atomic E-state index is 8.78. The molecular formula is C12H23N3. The molecule has 86 valence electrons. The molecule has 0 bridgehead atoms. The Balaban J connectivity index is 2.22. The minimum atomic E-state index is 0.0475. The van der Waals surface area contributed by atoms with E-state index in [9.17, 15) is 0 Å². The topological polar surface area (TPSA) is 30.3 Å². The van der Waals surface area contributed by atoms with Crippen LogP contribution in [0.15, 0.2) is 0 Å². The zero-order chi connectivity index (χ0) is 11.3. The SMILES string of the molecule is CC(C#N)N(C)CCC1CCCN(C)C1. The second-order valence-electron chi connectivity index (χ2n) is 4.84. The van der Waals surface area contributed by atoms with Crippen molar-refractivity contribution in [3.63, 3.8) is 0 Å². The highest BCUT2D eigenvalue weighted by Gasteiger charge is 2.18. The molecule has 0 saturated carbocycles. The van der Waals surface area contributed by atoms with Crippen molar-refractivity contribution in [3.8, 4) is 6.07 Å². The molecule has 1 aliphatic rings. The van der Waals surface area contributed by atoms with Gasteiger partial charge in [0, 0.05) is 6.54 Å². The van der Waals surface area contributed by atoms with Crippen molar-refractivity contribution >= 4 is 0 Å². The van der Waals surface area contributed by atoms with Gasteiger partial charge >= 0.3 is 0 Å². The predicted molar refractivity (Wildman–Crippen MR) is 62.5 cm³/mol. The molecule has 1 aliphatic heterocycles. The number of hydrogen-bond donors (Lipinski definition) is 0. The summed E-state index contributed by atoms with van der Waals surface area (Å²) in [5.41, 5.74) is 0. The van der Waals surface area contributed by atoms with E-state index < -0.39 is 0 Å². The molecule has 1 saturated heterocycles. The Labute approximate surface area is 93.7 Å². The third-order valence-electron chi connectivity index (χ3n) is 3.46. The van der Waals surface area contributed by atoms with Crippen molar-refractivity contribution in [2.24, 2.45) is 5.92 Å². The van der Waals surface area contributed by atoms with Gasteiger partial charge in [0.1, 0.15) is 0 Å². The van der Waals surface area contributed by atoms with Gasteiger partial charge in [0.15, 0.2) is 0 Å². The molecule has 15 heavy (non-hydrogen) atoms. The molecule has 0 aromatic carbocycles. The van der Waals surface area contributed by atoms with E-state index in [0.29, 0.717) is 0 Å². The number of nitriles is 1. The lowest BCUT2D eigenvalue weighted by atomic mass is 9.95. The van der Waals surface area contributed by atoms with Crippen LogP contribution in [0.2, 0.25) is 0 Å². The van der Waals surface area contributed by atoms with Crippen molar-refractivity contribution < 1.29 is 0 Å². The van der Waals surface area contributed by atoms with Crippen LogP contribution < -0.4 is 0 Å². The number of hydrogen-bond acceptors (Lipinski definition) is 3. The Bertz CT molecular complexity index is 221. The van der Waals surface area contributed by atoms with Gasteiger partial charge in [0.05, 0.1) is 12.1 Å². The van der Waals surface area contributed by atoms with Crippen LogP contribution in [-0.2, 0) is 0 Å². The van der Waals surface area contributed by atoms with Crippen molar-refractivity contribution in [1.29, 1.82) is 5.26 Å². The summed E-state index contributed by atoms with van der Waals surface area (Å²) in [5, 5.41) is 8.78. The third kappa shape index (κ3) is 4.19. The van der Waals surface area contributed by atoms with E-state index >= 15 is 0 Å². The standard InChI is InChI=1S/C12H23N3/c1-11(9-13)15(3)8-6-12-5-4-7-14(2)10-12/h11-12H,4-8,10H2,1-3H3. The Morgan fingerprint density at radius 3 is 2.93 bits per heavy atom. The first-order valence-electron chi connectivity index (χ1n) is 5.92. The molecule has 2 atom stereocenters. The normalized spacial score (nSPS) is 25.1. The lowest BCUT2D eigenvalue weighted by Gasteiger charge is -2.31. The van der Waals surface area contributed by atoms with Crippen LogP contribution in [0.25, 0.3) is 0 Å². The van der Waals surface area contributed by atoms with Crippen molar-refractivity contribution in [2.75, 3.05) is 33.7 Å². The molecule has 0 spiro atoms. The number of rotatable bonds is 4. The lowest BCUT2D eigenvalue weighted by Crippen LogP contribution is -2.35. The summed E-state index contributed by atoms with van der Waals surface area (Å²) in [4.78, 5) is 4.57. The summed E-state index contributed by atoms with van der Waals surface area (Å²) in [6, 6.07) is 2.32. The van der Waals surface area contributed by atoms with Gasteiger partial charge in [-0.25, -0.2) is 0 Å². The van der Waals surface area contributed by atoms with Crippen molar-refractivity contribution in [2.45, 2.75) is 32.2 Å². The van der Waals surface area contributed by atoms with Crippen LogP contribution in [0.3, 0.4) is 0 Å². The summed E-state index contributed by atoms with van der Waals surface area (Å²) >= 11 is 0. The monoisotopic (exact) mass is 209 g/mol. The van der Waals surface area contributed by atoms with Gasteiger partial charge < -0.3 is 4.90 Å². The van der Waals surface area contributed by atoms with E-state index in [1.807, 2.05) is 14.0 Å². The van der Waals surface area contributed by atoms with Crippen LogP contribution in [-0.4, -0.2) is 49.6 Å². The van der Waals surface area contributed by atoms with Crippen LogP contribution in [0, 0.1) is 17.2 Å². The molecule has 0 radical (unpaired) electrons. The van der Waals surface area contributed by atoms with Crippen LogP contribution in [0.1, 0.15) is 26.2 Å². The Morgan fingerprint density at radius 2 is 2.33 bits per heavy atom. The molecule has 1 fully saturated rings. The third-order valence-corrected chi connectivity index (χ3v) is 3.46. The Morgan fingerprint density at radius 1 is 1.60 bits per heavy atom. The number of piperidine rings is 1. The summed E-state index contributed by atoms with van der Waals surface area (Å²) < 4.78 is 0. The minimum absolute atomic E-state index is 0.0475. The second kappa shape index (κ2) is 6.09. The quantitative estimate of drug-likeness (QED) is 0.704. The van der Waals surface area contributed by atoms with E-state index in [4.69, 9.17) is 5.26 Å². The fraction of sp³-hybridized carbons (Fsp3) is 0.917. The van der Waals surface area contributed by atoms with Crippen molar-refractivity contribution in [3.05, 3.63) is 0 Å². The minimum Gasteiger partial charge on any atom is -0.306 e. The number of nitrogens with zero attached hydrogens (tertiary/aromatic N) is 3. The zero-order valence-corrected chi connectivity index (χ0v) is 10.2. The molecule has 1 rings (SSSR count). The number of likely N-dealkylation sites (tertiary alicyclic amines) is 1. The van der Waals surface area contributed by atoms with Crippen molar-refractivity contribution in [1.82, 2.24) is 9.80 Å². The fourth-order valence-electron chi connectivity index (χ4n) is 2.19. The Kier molecular flexibility index (Phi) is 5.07. The second-order valence-corrected chi connectivity index (χ2v) is 4.84. The molecule has 3 heteroatoms. The maximum atomic E-state index is 8.78. The molecule has 3 nitrogen and oxygen atoms in total. The largest absolute Gasteiger partial charge is 0.306 e. The maximum Gasteiger partial charge on any atom is 0.0946 e. The fourth-order valence-corrected chi connectivity index (χ4v) is 2.19.